The quantitative estimate of drug-likeness (QED) is 0.482. The molecule has 1 rings (SSSR count). The number of nitroso groups, excluding NO2 is 1. The predicted octanol–water partition coefficient (Wildman–Crippen LogP) is 2.08. The number of aromatic hydroxyl groups is 1. The van der Waals surface area contributed by atoms with Crippen LogP contribution in [0.5, 0.6) is 5.75 Å². The van der Waals surface area contributed by atoms with E-state index in [0.29, 0.717) is 4.90 Å². The largest absolute Gasteiger partial charge is 0.507 e. The second-order valence-corrected chi connectivity index (χ2v) is 2.25. The molecule has 0 bridgehead atoms. The Bertz CT molecular complexity index is 262. The number of thiol groups is 1. The molecular formula is C6H5NO2S. The average molecular weight is 155 g/mol. The second-order valence-electron chi connectivity index (χ2n) is 1.76. The lowest BCUT2D eigenvalue weighted by atomic mass is 10.3. The van der Waals surface area contributed by atoms with Crippen LogP contribution in [0, 0.1) is 4.91 Å². The Kier molecular flexibility index (Phi) is 1.91. The van der Waals surface area contributed by atoms with Crippen LogP contribution in [-0.2, 0) is 0 Å². The van der Waals surface area contributed by atoms with Crippen LogP contribution in [0.15, 0.2) is 28.3 Å². The molecule has 52 valence electrons. The highest BCUT2D eigenvalue weighted by atomic mass is 32.1. The summed E-state index contributed by atoms with van der Waals surface area (Å²) in [5, 5.41) is 11.6. The summed E-state index contributed by atoms with van der Waals surface area (Å²) in [5.74, 6) is -0.0274. The lowest BCUT2D eigenvalue weighted by Gasteiger charge is -1.94. The van der Waals surface area contributed by atoms with Crippen LogP contribution in [0.2, 0.25) is 0 Å². The minimum absolute atomic E-state index is 0.0274. The van der Waals surface area contributed by atoms with Gasteiger partial charge in [-0.1, -0.05) is 0 Å². The summed E-state index contributed by atoms with van der Waals surface area (Å²) >= 11 is 3.89. The third-order valence-electron chi connectivity index (χ3n) is 1.06. The number of rotatable bonds is 1. The zero-order valence-electron chi connectivity index (χ0n) is 4.98. The minimum Gasteiger partial charge on any atom is -0.507 e. The molecule has 0 amide bonds. The third kappa shape index (κ3) is 1.27. The number of phenols is 1. The topological polar surface area (TPSA) is 49.7 Å². The van der Waals surface area contributed by atoms with Crippen molar-refractivity contribution in [2.75, 3.05) is 0 Å². The van der Waals surface area contributed by atoms with Gasteiger partial charge in [0.05, 0.1) is 0 Å². The molecule has 0 aliphatic carbocycles. The van der Waals surface area contributed by atoms with Gasteiger partial charge in [-0.25, -0.2) is 0 Å². The van der Waals surface area contributed by atoms with E-state index >= 15 is 0 Å². The first kappa shape index (κ1) is 7.08. The SMILES string of the molecule is O=Nc1ccc(S)c(O)c1. The molecule has 0 aromatic heterocycles. The summed E-state index contributed by atoms with van der Waals surface area (Å²) in [6.07, 6.45) is 0. The fraction of sp³-hybridized carbons (Fsp3) is 0. The highest BCUT2D eigenvalue weighted by molar-refractivity contribution is 7.80. The molecular weight excluding hydrogens is 150 g/mol. The standard InChI is InChI=1S/C6H5NO2S/c8-5-3-4(7-9)1-2-6(5)10/h1-3,8,10H. The lowest BCUT2D eigenvalue weighted by Crippen LogP contribution is -1.67. The van der Waals surface area contributed by atoms with Crippen molar-refractivity contribution in [2.24, 2.45) is 5.18 Å². The zero-order chi connectivity index (χ0) is 7.56. The molecule has 1 aromatic rings. The Labute approximate surface area is 63.1 Å². The van der Waals surface area contributed by atoms with E-state index in [4.69, 9.17) is 5.11 Å². The first-order valence-corrected chi connectivity index (χ1v) is 3.04. The van der Waals surface area contributed by atoms with Gasteiger partial charge in [0.25, 0.3) is 0 Å². The van der Waals surface area contributed by atoms with Crippen molar-refractivity contribution in [1.29, 1.82) is 0 Å². The molecule has 3 nitrogen and oxygen atoms in total. The molecule has 0 saturated carbocycles. The summed E-state index contributed by atoms with van der Waals surface area (Å²) in [6, 6.07) is 4.25. The van der Waals surface area contributed by atoms with Gasteiger partial charge < -0.3 is 5.11 Å². The Balaban J connectivity index is 3.16. The minimum atomic E-state index is -0.0274. The van der Waals surface area contributed by atoms with Crippen LogP contribution in [0.3, 0.4) is 0 Å². The maximum Gasteiger partial charge on any atom is 0.131 e. The van der Waals surface area contributed by atoms with Crippen LogP contribution in [0.25, 0.3) is 0 Å². The average Bonchev–Trinajstić information content (AvgIpc) is 1.95. The molecule has 0 radical (unpaired) electrons. The molecule has 4 heteroatoms. The number of hydrogen-bond acceptors (Lipinski definition) is 4. The van der Waals surface area contributed by atoms with Gasteiger partial charge in [-0.3, -0.25) is 0 Å². The summed E-state index contributed by atoms with van der Waals surface area (Å²) in [4.78, 5) is 10.3. The van der Waals surface area contributed by atoms with Crippen LogP contribution in [0.1, 0.15) is 0 Å². The summed E-state index contributed by atoms with van der Waals surface area (Å²) < 4.78 is 0. The highest BCUT2D eigenvalue weighted by Gasteiger charge is 1.96. The molecule has 10 heavy (non-hydrogen) atoms. The van der Waals surface area contributed by atoms with Gasteiger partial charge >= 0.3 is 0 Å². The van der Waals surface area contributed by atoms with Crippen molar-refractivity contribution >= 4 is 18.3 Å². The predicted molar refractivity (Wildman–Crippen MR) is 40.8 cm³/mol. The first-order valence-electron chi connectivity index (χ1n) is 2.59. The fourth-order valence-electron chi connectivity index (χ4n) is 0.569. The van der Waals surface area contributed by atoms with Crippen LogP contribution in [-0.4, -0.2) is 5.11 Å². The third-order valence-corrected chi connectivity index (χ3v) is 1.44. The number of phenolic OH excluding ortho intramolecular Hbond substituents is 1. The smallest absolute Gasteiger partial charge is 0.131 e. The van der Waals surface area contributed by atoms with Gasteiger partial charge in [0.2, 0.25) is 0 Å². The Morgan fingerprint density at radius 1 is 1.50 bits per heavy atom. The summed E-state index contributed by atoms with van der Waals surface area (Å²) in [7, 11) is 0. The van der Waals surface area contributed by atoms with Gasteiger partial charge in [0, 0.05) is 11.0 Å². The van der Waals surface area contributed by atoms with Gasteiger partial charge in [-0.05, 0) is 17.3 Å². The monoisotopic (exact) mass is 155 g/mol. The molecule has 0 aliphatic rings. The van der Waals surface area contributed by atoms with Crippen LogP contribution < -0.4 is 0 Å². The summed E-state index contributed by atoms with van der Waals surface area (Å²) in [6.45, 7) is 0. The molecule has 0 saturated heterocycles. The van der Waals surface area contributed by atoms with E-state index in [1.807, 2.05) is 0 Å². The van der Waals surface area contributed by atoms with Crippen molar-refractivity contribution in [3.63, 3.8) is 0 Å². The Morgan fingerprint density at radius 3 is 2.70 bits per heavy atom. The van der Waals surface area contributed by atoms with E-state index in [2.05, 4.69) is 17.8 Å². The lowest BCUT2D eigenvalue weighted by molar-refractivity contribution is 0.463. The van der Waals surface area contributed by atoms with E-state index < -0.39 is 0 Å². The van der Waals surface area contributed by atoms with Crippen molar-refractivity contribution in [3.05, 3.63) is 23.1 Å². The normalized spacial score (nSPS) is 9.30. The van der Waals surface area contributed by atoms with E-state index in [1.165, 1.54) is 18.2 Å². The van der Waals surface area contributed by atoms with Gasteiger partial charge in [-0.2, -0.15) is 0 Å². The fourth-order valence-corrected chi connectivity index (χ4v) is 0.708. The molecule has 1 N–H and O–H groups in total. The van der Waals surface area contributed by atoms with E-state index in [1.54, 1.807) is 0 Å². The Hall–Kier alpha value is -1.03. The van der Waals surface area contributed by atoms with Gasteiger partial charge in [0.1, 0.15) is 11.4 Å². The van der Waals surface area contributed by atoms with Crippen molar-refractivity contribution in [3.8, 4) is 5.75 Å². The highest BCUT2D eigenvalue weighted by Crippen LogP contribution is 2.25. The number of hydrogen-bond donors (Lipinski definition) is 2. The van der Waals surface area contributed by atoms with Crippen molar-refractivity contribution in [2.45, 2.75) is 4.90 Å². The summed E-state index contributed by atoms with van der Waals surface area (Å²) in [5.41, 5.74) is 0.204. The van der Waals surface area contributed by atoms with E-state index in [0.717, 1.165) is 0 Å². The molecule has 0 aliphatic heterocycles. The molecule has 0 unspecified atom stereocenters. The first-order chi connectivity index (χ1) is 4.74. The number of benzene rings is 1. The van der Waals surface area contributed by atoms with Gasteiger partial charge in [0.15, 0.2) is 0 Å². The van der Waals surface area contributed by atoms with Crippen molar-refractivity contribution in [1.82, 2.24) is 0 Å². The zero-order valence-corrected chi connectivity index (χ0v) is 5.88. The maximum absolute atomic E-state index is 9.88. The van der Waals surface area contributed by atoms with Crippen molar-refractivity contribution < 1.29 is 5.11 Å². The molecule has 0 heterocycles. The molecule has 0 spiro atoms. The molecule has 0 atom stereocenters. The number of nitrogens with zero attached hydrogens (tertiary/aromatic N) is 1. The Morgan fingerprint density at radius 2 is 2.20 bits per heavy atom. The van der Waals surface area contributed by atoms with Crippen LogP contribution >= 0.6 is 12.6 Å². The van der Waals surface area contributed by atoms with E-state index in [9.17, 15) is 4.91 Å². The second kappa shape index (κ2) is 2.70. The maximum atomic E-state index is 9.88. The van der Waals surface area contributed by atoms with E-state index in [-0.39, 0.29) is 11.4 Å². The van der Waals surface area contributed by atoms with Crippen LogP contribution in [0.4, 0.5) is 5.69 Å². The molecule has 0 fully saturated rings. The molecule has 1 aromatic carbocycles. The van der Waals surface area contributed by atoms with Gasteiger partial charge in [-0.15, -0.1) is 17.5 Å².